The predicted molar refractivity (Wildman–Crippen MR) is 63.3 cm³/mol. The van der Waals surface area contributed by atoms with Crippen LogP contribution in [-0.4, -0.2) is 12.6 Å². The Morgan fingerprint density at radius 1 is 1.18 bits per heavy atom. The SMILES string of the molecule is FC(F)c1ccc(C2CC2CNC2CC2)cc1. The third-order valence-corrected chi connectivity index (χ3v) is 3.79. The summed E-state index contributed by atoms with van der Waals surface area (Å²) in [6.45, 7) is 1.09. The van der Waals surface area contributed by atoms with Crippen LogP contribution in [0.2, 0.25) is 0 Å². The summed E-state index contributed by atoms with van der Waals surface area (Å²) in [4.78, 5) is 0. The number of benzene rings is 1. The van der Waals surface area contributed by atoms with Crippen molar-refractivity contribution in [3.05, 3.63) is 35.4 Å². The van der Waals surface area contributed by atoms with Gasteiger partial charge in [-0.25, -0.2) is 8.78 Å². The minimum Gasteiger partial charge on any atom is -0.314 e. The van der Waals surface area contributed by atoms with E-state index in [4.69, 9.17) is 0 Å². The van der Waals surface area contributed by atoms with Crippen molar-refractivity contribution in [2.24, 2.45) is 5.92 Å². The maximum absolute atomic E-state index is 12.4. The molecule has 0 heterocycles. The first-order valence-electron chi connectivity index (χ1n) is 6.35. The average molecular weight is 237 g/mol. The quantitative estimate of drug-likeness (QED) is 0.826. The standard InChI is InChI=1S/C14H17F2N/c15-14(16)10-3-1-9(2-4-10)13-7-11(13)8-17-12-5-6-12/h1-4,11-14,17H,5-8H2. The van der Waals surface area contributed by atoms with Gasteiger partial charge in [-0.3, -0.25) is 0 Å². The van der Waals surface area contributed by atoms with Crippen molar-refractivity contribution in [3.63, 3.8) is 0 Å². The van der Waals surface area contributed by atoms with E-state index >= 15 is 0 Å². The molecule has 1 N–H and O–H groups in total. The van der Waals surface area contributed by atoms with Gasteiger partial charge >= 0.3 is 0 Å². The molecule has 0 spiro atoms. The highest BCUT2D eigenvalue weighted by Crippen LogP contribution is 2.47. The van der Waals surface area contributed by atoms with E-state index in [0.29, 0.717) is 11.8 Å². The lowest BCUT2D eigenvalue weighted by Crippen LogP contribution is -2.19. The Kier molecular flexibility index (Phi) is 2.87. The van der Waals surface area contributed by atoms with Gasteiger partial charge in [-0.15, -0.1) is 0 Å². The van der Waals surface area contributed by atoms with Crippen molar-refractivity contribution in [1.82, 2.24) is 5.32 Å². The first-order valence-corrected chi connectivity index (χ1v) is 6.35. The Balaban J connectivity index is 1.54. The molecule has 0 aromatic heterocycles. The molecule has 1 aromatic rings. The van der Waals surface area contributed by atoms with Crippen LogP contribution >= 0.6 is 0 Å². The van der Waals surface area contributed by atoms with Crippen LogP contribution in [0.25, 0.3) is 0 Å². The van der Waals surface area contributed by atoms with E-state index in [0.717, 1.165) is 12.6 Å². The molecular formula is C14H17F2N. The molecule has 2 saturated carbocycles. The van der Waals surface area contributed by atoms with Gasteiger partial charge in [0.15, 0.2) is 0 Å². The molecule has 2 unspecified atom stereocenters. The Hall–Kier alpha value is -0.960. The third kappa shape index (κ3) is 2.65. The van der Waals surface area contributed by atoms with Crippen molar-refractivity contribution in [2.75, 3.05) is 6.54 Å². The summed E-state index contributed by atoms with van der Waals surface area (Å²) >= 11 is 0. The number of alkyl halides is 2. The van der Waals surface area contributed by atoms with E-state index in [1.807, 2.05) is 12.1 Å². The van der Waals surface area contributed by atoms with Crippen molar-refractivity contribution >= 4 is 0 Å². The maximum Gasteiger partial charge on any atom is 0.263 e. The predicted octanol–water partition coefficient (Wildman–Crippen LogP) is 3.48. The molecule has 0 bridgehead atoms. The van der Waals surface area contributed by atoms with Crippen molar-refractivity contribution < 1.29 is 8.78 Å². The van der Waals surface area contributed by atoms with Crippen LogP contribution in [0, 0.1) is 5.92 Å². The van der Waals surface area contributed by atoms with Crippen LogP contribution in [0.5, 0.6) is 0 Å². The van der Waals surface area contributed by atoms with E-state index in [1.54, 1.807) is 12.1 Å². The van der Waals surface area contributed by atoms with E-state index in [2.05, 4.69) is 5.32 Å². The van der Waals surface area contributed by atoms with Crippen LogP contribution in [0.3, 0.4) is 0 Å². The monoisotopic (exact) mass is 237 g/mol. The minimum absolute atomic E-state index is 0.127. The van der Waals surface area contributed by atoms with E-state index in [-0.39, 0.29) is 5.56 Å². The summed E-state index contributed by atoms with van der Waals surface area (Å²) in [6.07, 6.45) is 1.49. The first kappa shape index (κ1) is 11.1. The van der Waals surface area contributed by atoms with Gasteiger partial charge in [0.1, 0.15) is 0 Å². The zero-order chi connectivity index (χ0) is 11.8. The number of nitrogens with one attached hydrogen (secondary N) is 1. The van der Waals surface area contributed by atoms with Crippen LogP contribution in [-0.2, 0) is 0 Å². The van der Waals surface area contributed by atoms with Gasteiger partial charge in [-0.05, 0) is 43.2 Å². The molecule has 2 aliphatic rings. The highest BCUT2D eigenvalue weighted by molar-refractivity contribution is 5.30. The normalized spacial score (nSPS) is 27.5. The second kappa shape index (κ2) is 4.37. The van der Waals surface area contributed by atoms with Crippen molar-refractivity contribution in [2.45, 2.75) is 37.6 Å². The number of halogens is 2. The van der Waals surface area contributed by atoms with Crippen molar-refractivity contribution in [1.29, 1.82) is 0 Å². The Labute approximate surface area is 100 Å². The Bertz CT molecular complexity index is 384. The topological polar surface area (TPSA) is 12.0 Å². The molecule has 3 rings (SSSR count). The molecule has 0 amide bonds. The summed E-state index contributed by atoms with van der Waals surface area (Å²) in [5, 5.41) is 3.53. The Morgan fingerprint density at radius 2 is 1.88 bits per heavy atom. The average Bonchev–Trinajstić information content (AvgIpc) is 3.21. The second-order valence-electron chi connectivity index (χ2n) is 5.25. The zero-order valence-electron chi connectivity index (χ0n) is 9.70. The van der Waals surface area contributed by atoms with E-state index in [9.17, 15) is 8.78 Å². The van der Waals surface area contributed by atoms with Gasteiger partial charge in [-0.1, -0.05) is 24.3 Å². The lowest BCUT2D eigenvalue weighted by atomic mass is 10.1. The first-order chi connectivity index (χ1) is 8.24. The third-order valence-electron chi connectivity index (χ3n) is 3.79. The highest BCUT2D eigenvalue weighted by atomic mass is 19.3. The fraction of sp³-hybridized carbons (Fsp3) is 0.571. The van der Waals surface area contributed by atoms with Crippen LogP contribution in [0.4, 0.5) is 8.78 Å². The minimum atomic E-state index is -2.35. The molecule has 2 atom stereocenters. The van der Waals surface area contributed by atoms with Gasteiger partial charge in [0.2, 0.25) is 0 Å². The summed E-state index contributed by atoms with van der Waals surface area (Å²) in [5.41, 5.74) is 1.35. The van der Waals surface area contributed by atoms with Gasteiger partial charge in [-0.2, -0.15) is 0 Å². The lowest BCUT2D eigenvalue weighted by molar-refractivity contribution is 0.151. The van der Waals surface area contributed by atoms with Crippen LogP contribution < -0.4 is 5.32 Å². The van der Waals surface area contributed by atoms with Crippen LogP contribution in [0.1, 0.15) is 42.7 Å². The summed E-state index contributed by atoms with van der Waals surface area (Å²) in [5.74, 6) is 1.31. The fourth-order valence-electron chi connectivity index (χ4n) is 2.38. The van der Waals surface area contributed by atoms with Gasteiger partial charge < -0.3 is 5.32 Å². The number of hydrogen-bond donors (Lipinski definition) is 1. The molecular weight excluding hydrogens is 220 g/mol. The summed E-state index contributed by atoms with van der Waals surface area (Å²) < 4.78 is 24.8. The van der Waals surface area contributed by atoms with Gasteiger partial charge in [0, 0.05) is 11.6 Å². The molecule has 2 fully saturated rings. The summed E-state index contributed by atoms with van der Waals surface area (Å²) in [6, 6.07) is 7.61. The van der Waals surface area contributed by atoms with Gasteiger partial charge in [0.05, 0.1) is 0 Å². The number of rotatable bonds is 5. The molecule has 17 heavy (non-hydrogen) atoms. The highest BCUT2D eigenvalue weighted by Gasteiger charge is 2.38. The van der Waals surface area contributed by atoms with Crippen molar-refractivity contribution in [3.8, 4) is 0 Å². The lowest BCUT2D eigenvalue weighted by Gasteiger charge is -2.04. The largest absolute Gasteiger partial charge is 0.314 e. The maximum atomic E-state index is 12.4. The molecule has 0 radical (unpaired) electrons. The second-order valence-corrected chi connectivity index (χ2v) is 5.25. The van der Waals surface area contributed by atoms with E-state index < -0.39 is 6.43 Å². The molecule has 1 aromatic carbocycles. The smallest absolute Gasteiger partial charge is 0.263 e. The zero-order valence-corrected chi connectivity index (χ0v) is 9.70. The molecule has 3 heteroatoms. The molecule has 0 aliphatic heterocycles. The van der Waals surface area contributed by atoms with Crippen LogP contribution in [0.15, 0.2) is 24.3 Å². The molecule has 0 saturated heterocycles. The summed E-state index contributed by atoms with van der Waals surface area (Å²) in [7, 11) is 0. The number of hydrogen-bond acceptors (Lipinski definition) is 1. The fourth-order valence-corrected chi connectivity index (χ4v) is 2.38. The van der Waals surface area contributed by atoms with Gasteiger partial charge in [0.25, 0.3) is 6.43 Å². The molecule has 92 valence electrons. The molecule has 2 aliphatic carbocycles. The molecule has 1 nitrogen and oxygen atoms in total. The van der Waals surface area contributed by atoms with E-state index in [1.165, 1.54) is 24.8 Å². The Morgan fingerprint density at radius 3 is 2.47 bits per heavy atom.